The quantitative estimate of drug-likeness (QED) is 0.738. The van der Waals surface area contributed by atoms with Gasteiger partial charge in [-0.15, -0.1) is 0 Å². The summed E-state index contributed by atoms with van der Waals surface area (Å²) in [4.78, 5) is 11.3. The molecule has 1 aromatic carbocycles. The lowest BCUT2D eigenvalue weighted by Gasteiger charge is -2.38. The predicted molar refractivity (Wildman–Crippen MR) is 59.4 cm³/mol. The lowest BCUT2D eigenvalue weighted by molar-refractivity contribution is -0.272. The number of carbonyl (C=O) groups is 1. The van der Waals surface area contributed by atoms with E-state index in [-0.39, 0.29) is 30.9 Å². The molecule has 2 aliphatic rings. The predicted octanol–water partition coefficient (Wildman–Crippen LogP) is 1.46. The molecule has 4 nitrogen and oxygen atoms in total. The van der Waals surface area contributed by atoms with Crippen LogP contribution in [0.25, 0.3) is 0 Å². The Balaban J connectivity index is 1.72. The Kier molecular flexibility index (Phi) is 2.93. The number of rotatable bonds is 1. The van der Waals surface area contributed by atoms with Crippen molar-refractivity contribution < 1.29 is 19.0 Å². The largest absolute Gasteiger partial charge is 0.365 e. The minimum Gasteiger partial charge on any atom is -0.365 e. The van der Waals surface area contributed by atoms with Crippen molar-refractivity contribution in [2.75, 3.05) is 13.2 Å². The zero-order valence-corrected chi connectivity index (χ0v) is 9.37. The summed E-state index contributed by atoms with van der Waals surface area (Å²) in [5, 5.41) is 0. The van der Waals surface area contributed by atoms with Crippen LogP contribution in [0.3, 0.4) is 0 Å². The number of carbonyl (C=O) groups excluding carboxylic acids is 1. The van der Waals surface area contributed by atoms with Gasteiger partial charge in [-0.25, -0.2) is 0 Å². The third kappa shape index (κ3) is 2.24. The minimum atomic E-state index is -0.382. The molecule has 0 aliphatic carbocycles. The van der Waals surface area contributed by atoms with E-state index in [0.29, 0.717) is 13.0 Å². The van der Waals surface area contributed by atoms with Crippen LogP contribution in [0.5, 0.6) is 0 Å². The van der Waals surface area contributed by atoms with Crippen LogP contribution in [-0.4, -0.2) is 31.2 Å². The van der Waals surface area contributed by atoms with Crippen LogP contribution in [-0.2, 0) is 19.0 Å². The first kappa shape index (κ1) is 10.9. The first-order chi connectivity index (χ1) is 8.33. The highest BCUT2D eigenvalue weighted by Crippen LogP contribution is 2.30. The van der Waals surface area contributed by atoms with Crippen LogP contribution in [0, 0.1) is 0 Å². The second-order valence-electron chi connectivity index (χ2n) is 4.34. The molecule has 0 aromatic heterocycles. The van der Waals surface area contributed by atoms with Gasteiger partial charge in [-0.1, -0.05) is 30.3 Å². The number of hydrogen-bond donors (Lipinski definition) is 0. The summed E-state index contributed by atoms with van der Waals surface area (Å²) in [5.74, 6) is 0.0972. The van der Waals surface area contributed by atoms with E-state index in [1.54, 1.807) is 0 Å². The van der Waals surface area contributed by atoms with E-state index in [9.17, 15) is 4.79 Å². The van der Waals surface area contributed by atoms with E-state index in [2.05, 4.69) is 0 Å². The van der Waals surface area contributed by atoms with Crippen LogP contribution < -0.4 is 0 Å². The normalized spacial score (nSPS) is 33.2. The molecule has 0 N–H and O–H groups in total. The van der Waals surface area contributed by atoms with E-state index in [0.717, 1.165) is 5.56 Å². The third-order valence-corrected chi connectivity index (χ3v) is 3.08. The molecule has 0 amide bonds. The molecule has 2 heterocycles. The lowest BCUT2D eigenvalue weighted by atomic mass is 10.0. The maximum absolute atomic E-state index is 11.3. The smallest absolute Gasteiger partial charge is 0.184 e. The molecule has 1 aromatic rings. The summed E-state index contributed by atoms with van der Waals surface area (Å²) >= 11 is 0. The Morgan fingerprint density at radius 1 is 1.06 bits per heavy atom. The molecule has 1 unspecified atom stereocenters. The number of ether oxygens (including phenoxy) is 3. The molecule has 4 heteroatoms. The van der Waals surface area contributed by atoms with Crippen molar-refractivity contribution in [3.8, 4) is 0 Å². The summed E-state index contributed by atoms with van der Waals surface area (Å²) in [5.41, 5.74) is 0.976. The third-order valence-electron chi connectivity index (χ3n) is 3.08. The van der Waals surface area contributed by atoms with Gasteiger partial charge in [0.2, 0.25) is 0 Å². The fourth-order valence-corrected chi connectivity index (χ4v) is 2.18. The average molecular weight is 234 g/mol. The second kappa shape index (κ2) is 4.56. The van der Waals surface area contributed by atoms with Crippen LogP contribution in [0.1, 0.15) is 18.3 Å². The van der Waals surface area contributed by atoms with Crippen molar-refractivity contribution in [2.45, 2.75) is 24.9 Å². The molecule has 2 aliphatic heterocycles. The van der Waals surface area contributed by atoms with Gasteiger partial charge in [-0.3, -0.25) is 4.79 Å². The number of ketones is 1. The highest BCUT2D eigenvalue weighted by molar-refractivity contribution is 5.80. The van der Waals surface area contributed by atoms with Crippen molar-refractivity contribution in [1.29, 1.82) is 0 Å². The molecule has 2 saturated heterocycles. The summed E-state index contributed by atoms with van der Waals surface area (Å²) < 4.78 is 16.8. The van der Waals surface area contributed by atoms with Crippen molar-refractivity contribution in [3.05, 3.63) is 35.9 Å². The first-order valence-corrected chi connectivity index (χ1v) is 5.78. The Morgan fingerprint density at radius 3 is 2.71 bits per heavy atom. The number of benzene rings is 1. The van der Waals surface area contributed by atoms with Crippen molar-refractivity contribution in [3.63, 3.8) is 0 Å². The molecule has 0 radical (unpaired) electrons. The van der Waals surface area contributed by atoms with Crippen molar-refractivity contribution in [2.24, 2.45) is 0 Å². The molecule has 0 spiro atoms. The standard InChI is InChI=1S/C13H14O4/c14-10-6-11-12(15-7-10)8-16-13(17-11)9-4-2-1-3-5-9/h1-5,11-13H,6-8H2/t11-,12-,13?/m1/s1. The van der Waals surface area contributed by atoms with E-state index in [1.165, 1.54) is 0 Å². The molecule has 0 bridgehead atoms. The molecule has 0 saturated carbocycles. The molecule has 90 valence electrons. The van der Waals surface area contributed by atoms with Crippen LogP contribution in [0.2, 0.25) is 0 Å². The zero-order valence-electron chi connectivity index (χ0n) is 9.37. The SMILES string of the molecule is O=C1CO[C@@H]2COC(c3ccccc3)O[C@@H]2C1. The van der Waals surface area contributed by atoms with Crippen LogP contribution in [0.4, 0.5) is 0 Å². The van der Waals surface area contributed by atoms with Gasteiger partial charge in [0.1, 0.15) is 12.7 Å². The van der Waals surface area contributed by atoms with E-state index in [1.807, 2.05) is 30.3 Å². The highest BCUT2D eigenvalue weighted by atomic mass is 16.7. The van der Waals surface area contributed by atoms with Gasteiger partial charge in [0.05, 0.1) is 12.7 Å². The number of fused-ring (bicyclic) bond motifs is 1. The Morgan fingerprint density at radius 2 is 1.88 bits per heavy atom. The fourth-order valence-electron chi connectivity index (χ4n) is 2.18. The van der Waals surface area contributed by atoms with Gasteiger partial charge < -0.3 is 14.2 Å². The first-order valence-electron chi connectivity index (χ1n) is 5.78. The summed E-state index contributed by atoms with van der Waals surface area (Å²) in [7, 11) is 0. The lowest BCUT2D eigenvalue weighted by Crippen LogP contribution is -2.47. The van der Waals surface area contributed by atoms with E-state index in [4.69, 9.17) is 14.2 Å². The van der Waals surface area contributed by atoms with Crippen molar-refractivity contribution >= 4 is 5.78 Å². The number of hydrogen-bond acceptors (Lipinski definition) is 4. The molecular formula is C13H14O4. The highest BCUT2D eigenvalue weighted by Gasteiger charge is 2.37. The van der Waals surface area contributed by atoms with E-state index >= 15 is 0 Å². The van der Waals surface area contributed by atoms with Crippen LogP contribution >= 0.6 is 0 Å². The summed E-state index contributed by atoms with van der Waals surface area (Å²) in [6, 6.07) is 9.74. The Labute approximate surface area is 99.5 Å². The maximum Gasteiger partial charge on any atom is 0.184 e. The molecule has 3 atom stereocenters. The Hall–Kier alpha value is -1.23. The fraction of sp³-hybridized carbons (Fsp3) is 0.462. The Bertz CT molecular complexity index is 403. The van der Waals surface area contributed by atoms with Gasteiger partial charge in [0.25, 0.3) is 0 Å². The zero-order chi connectivity index (χ0) is 11.7. The summed E-state index contributed by atoms with van der Waals surface area (Å²) in [6.07, 6.45) is -0.230. The second-order valence-corrected chi connectivity index (χ2v) is 4.34. The molecule has 17 heavy (non-hydrogen) atoms. The van der Waals surface area contributed by atoms with Gasteiger partial charge in [-0.05, 0) is 0 Å². The monoisotopic (exact) mass is 234 g/mol. The minimum absolute atomic E-state index is 0.0972. The topological polar surface area (TPSA) is 44.8 Å². The maximum atomic E-state index is 11.3. The van der Waals surface area contributed by atoms with E-state index < -0.39 is 0 Å². The summed E-state index contributed by atoms with van der Waals surface area (Å²) in [6.45, 7) is 0.668. The van der Waals surface area contributed by atoms with Crippen LogP contribution in [0.15, 0.2) is 30.3 Å². The number of Topliss-reactive ketones (excluding diaryl/α,β-unsaturated/α-hetero) is 1. The average Bonchev–Trinajstić information content (AvgIpc) is 2.39. The molecule has 2 fully saturated rings. The molecule has 3 rings (SSSR count). The van der Waals surface area contributed by atoms with Gasteiger partial charge in [0.15, 0.2) is 12.1 Å². The van der Waals surface area contributed by atoms with Gasteiger partial charge >= 0.3 is 0 Å². The van der Waals surface area contributed by atoms with Crippen molar-refractivity contribution in [1.82, 2.24) is 0 Å². The van der Waals surface area contributed by atoms with Gasteiger partial charge in [0, 0.05) is 12.0 Å². The van der Waals surface area contributed by atoms with Gasteiger partial charge in [-0.2, -0.15) is 0 Å². The molecular weight excluding hydrogens is 220 g/mol.